The van der Waals surface area contributed by atoms with Crippen molar-refractivity contribution in [3.05, 3.63) is 262 Å². The molecule has 0 saturated heterocycles. The van der Waals surface area contributed by atoms with E-state index in [4.69, 9.17) is 19.4 Å². The zero-order valence-electron chi connectivity index (χ0n) is 40.3. The van der Waals surface area contributed by atoms with E-state index < -0.39 is 16.2 Å². The van der Waals surface area contributed by atoms with Gasteiger partial charge in [-0.15, -0.1) is 11.8 Å². The van der Waals surface area contributed by atoms with Crippen LogP contribution < -0.4 is 9.47 Å². The maximum absolute atomic E-state index is 5.95. The fraction of sp³-hybridized carbons (Fsp3) is 0.134. The fourth-order valence-corrected chi connectivity index (χ4v) is 11.6. The van der Waals surface area contributed by atoms with Crippen LogP contribution in [0, 0.1) is 23.7 Å². The van der Waals surface area contributed by atoms with Gasteiger partial charge >= 0.3 is 0 Å². The van der Waals surface area contributed by atoms with E-state index in [0.29, 0.717) is 13.2 Å². The van der Waals surface area contributed by atoms with E-state index in [2.05, 4.69) is 232 Å². The summed E-state index contributed by atoms with van der Waals surface area (Å²) in [7, 11) is 0. The third-order valence-electron chi connectivity index (χ3n) is 15.0. The summed E-state index contributed by atoms with van der Waals surface area (Å²) in [5.74, 6) is 13.5. The summed E-state index contributed by atoms with van der Waals surface area (Å²) < 4.78 is 11.9. The highest BCUT2D eigenvalue weighted by Gasteiger charge is 2.48. The Morgan fingerprint density at radius 2 is 0.732 bits per heavy atom. The van der Waals surface area contributed by atoms with Gasteiger partial charge in [-0.3, -0.25) is 9.97 Å². The van der Waals surface area contributed by atoms with Crippen molar-refractivity contribution < 1.29 is 9.47 Å². The molecule has 0 unspecified atom stereocenters. The Labute approximate surface area is 416 Å². The maximum Gasteiger partial charge on any atom is 0.149 e. The molecule has 0 amide bonds. The highest BCUT2D eigenvalue weighted by atomic mass is 16.5. The quantitative estimate of drug-likeness (QED) is 0.128. The Morgan fingerprint density at radius 3 is 1.08 bits per heavy atom. The Hall–Kier alpha value is -8.70. The largest absolute Gasteiger partial charge is 0.481 e. The summed E-state index contributed by atoms with van der Waals surface area (Å²) >= 11 is 0. The van der Waals surface area contributed by atoms with Gasteiger partial charge in [0.2, 0.25) is 0 Å². The fourth-order valence-electron chi connectivity index (χ4n) is 11.6. The first kappa shape index (κ1) is 43.6. The Kier molecular flexibility index (Phi) is 10.7. The van der Waals surface area contributed by atoms with E-state index in [1.54, 1.807) is 0 Å². The van der Waals surface area contributed by atoms with Gasteiger partial charge < -0.3 is 9.47 Å². The molecule has 2 heterocycles. The highest BCUT2D eigenvalue weighted by Crippen LogP contribution is 2.58. The number of pyridine rings is 2. The van der Waals surface area contributed by atoms with Crippen molar-refractivity contribution in [2.75, 3.05) is 13.2 Å². The number of hydrogen-bond donors (Lipinski definition) is 0. The van der Waals surface area contributed by atoms with Crippen LogP contribution in [0.3, 0.4) is 0 Å². The van der Waals surface area contributed by atoms with Gasteiger partial charge in [-0.1, -0.05) is 157 Å². The second kappa shape index (κ2) is 17.4. The van der Waals surface area contributed by atoms with E-state index >= 15 is 0 Å². The third kappa shape index (κ3) is 6.86. The zero-order valence-corrected chi connectivity index (χ0v) is 40.3. The molecule has 0 bridgehead atoms. The minimum Gasteiger partial charge on any atom is -0.481 e. The standard InChI is InChI=1S/C67H50N2O2/c1-5-7-37-70-53-33-27-45-39-49(29-25-47(45)41-53)66(59-21-13-9-17-55(59)56-18-10-14-22-60(56)66)51-31-35-63(68-43-51)65(3,4)64-36-32-52(44-69-64)67(61-23-15-11-19-57(61)58-20-12-16-24-62(58)67)50-30-26-48-42-54(71-38-8-6-2)34-28-46(48)40-50/h9-36,39-44H,37-38H2,1-4H3. The van der Waals surface area contributed by atoms with Gasteiger partial charge in [0.1, 0.15) is 24.7 Å². The van der Waals surface area contributed by atoms with E-state index in [0.717, 1.165) is 55.6 Å². The van der Waals surface area contributed by atoms with Gasteiger partial charge in [0.15, 0.2) is 0 Å². The van der Waals surface area contributed by atoms with Crippen LogP contribution in [0.25, 0.3) is 43.8 Å². The number of ether oxygens (including phenoxy) is 2. The van der Waals surface area contributed by atoms with Crippen molar-refractivity contribution in [1.82, 2.24) is 9.97 Å². The molecule has 71 heavy (non-hydrogen) atoms. The maximum atomic E-state index is 5.95. The summed E-state index contributed by atoms with van der Waals surface area (Å²) in [4.78, 5) is 10.8. The number of aromatic nitrogens is 2. The topological polar surface area (TPSA) is 44.2 Å². The van der Waals surface area contributed by atoms with Crippen LogP contribution in [0.15, 0.2) is 207 Å². The number of hydrogen-bond acceptors (Lipinski definition) is 4. The van der Waals surface area contributed by atoms with E-state index in [9.17, 15) is 0 Å². The van der Waals surface area contributed by atoms with Crippen molar-refractivity contribution in [2.45, 2.75) is 43.9 Å². The first-order chi connectivity index (χ1) is 34.8. The molecule has 10 aromatic rings. The van der Waals surface area contributed by atoms with Crippen molar-refractivity contribution in [3.8, 4) is 57.4 Å². The highest BCUT2D eigenvalue weighted by molar-refractivity contribution is 5.92. The molecule has 0 radical (unpaired) electrons. The Morgan fingerprint density at radius 1 is 0.394 bits per heavy atom. The molecule has 0 saturated carbocycles. The first-order valence-electron chi connectivity index (χ1n) is 24.3. The van der Waals surface area contributed by atoms with Gasteiger partial charge in [-0.2, -0.15) is 0 Å². The van der Waals surface area contributed by atoms with Gasteiger partial charge in [-0.05, 0) is 165 Å². The average Bonchev–Trinajstić information content (AvgIpc) is 3.90. The minimum atomic E-state index is -0.603. The van der Waals surface area contributed by atoms with Gasteiger partial charge in [0.25, 0.3) is 0 Å². The molecule has 0 fully saturated rings. The zero-order chi connectivity index (χ0) is 48.2. The number of fused-ring (bicyclic) bond motifs is 8. The van der Waals surface area contributed by atoms with Crippen LogP contribution in [0.1, 0.15) is 83.6 Å². The predicted molar refractivity (Wildman–Crippen MR) is 288 cm³/mol. The molecule has 0 aliphatic heterocycles. The lowest BCUT2D eigenvalue weighted by atomic mass is 9.67. The average molecular weight is 915 g/mol. The predicted octanol–water partition coefficient (Wildman–Crippen LogP) is 14.6. The molecule has 2 aliphatic carbocycles. The number of benzene rings is 8. The van der Waals surface area contributed by atoms with Crippen molar-refractivity contribution >= 4 is 21.5 Å². The SMILES string of the molecule is CC#CCOc1ccc2cc(C3(c4ccc(C(C)(C)c5ccc(C6(c7ccc8cc(OCC#CC)ccc8c7)c7ccccc7-c7ccccc76)cn5)nc4)c4ccccc4-c4ccccc43)ccc2c1. The van der Waals surface area contributed by atoms with Crippen LogP contribution in [0.5, 0.6) is 11.5 Å². The molecule has 12 rings (SSSR count). The van der Waals surface area contributed by atoms with Crippen LogP contribution in [-0.2, 0) is 16.2 Å². The molecule has 8 aromatic carbocycles. The summed E-state index contributed by atoms with van der Waals surface area (Å²) in [5, 5.41) is 4.51. The minimum absolute atomic E-state index is 0.364. The lowest BCUT2D eigenvalue weighted by molar-refractivity contribution is 0.370. The molecule has 2 aliphatic rings. The summed E-state index contributed by atoms with van der Waals surface area (Å²) in [6.45, 7) is 8.85. The van der Waals surface area contributed by atoms with Crippen molar-refractivity contribution in [2.24, 2.45) is 0 Å². The number of rotatable bonds is 10. The molecule has 340 valence electrons. The second-order valence-corrected chi connectivity index (χ2v) is 19.0. The summed E-state index contributed by atoms with van der Waals surface area (Å²) in [6, 6.07) is 70.7. The molecule has 0 atom stereocenters. The molecular weight excluding hydrogens is 865 g/mol. The van der Waals surface area contributed by atoms with Gasteiger partial charge in [-0.25, -0.2) is 0 Å². The second-order valence-electron chi connectivity index (χ2n) is 19.0. The van der Waals surface area contributed by atoms with Gasteiger partial charge in [0.05, 0.1) is 22.2 Å². The molecule has 4 nitrogen and oxygen atoms in total. The molecular formula is C67H50N2O2. The first-order valence-corrected chi connectivity index (χ1v) is 24.3. The van der Waals surface area contributed by atoms with Crippen LogP contribution in [0.2, 0.25) is 0 Å². The van der Waals surface area contributed by atoms with Crippen molar-refractivity contribution in [3.63, 3.8) is 0 Å². The Balaban J connectivity index is 0.944. The molecule has 2 aromatic heterocycles. The smallest absolute Gasteiger partial charge is 0.149 e. The molecule has 4 heteroatoms. The lowest BCUT2D eigenvalue weighted by Gasteiger charge is -2.35. The Bertz CT molecular complexity index is 3500. The summed E-state index contributed by atoms with van der Waals surface area (Å²) in [6.07, 6.45) is 4.21. The van der Waals surface area contributed by atoms with Crippen molar-refractivity contribution in [1.29, 1.82) is 0 Å². The molecule has 0 N–H and O–H groups in total. The van der Waals surface area contributed by atoms with Gasteiger partial charge in [0, 0.05) is 17.8 Å². The monoisotopic (exact) mass is 914 g/mol. The summed E-state index contributed by atoms with van der Waals surface area (Å²) in [5.41, 5.74) is 14.7. The lowest BCUT2D eigenvalue weighted by Crippen LogP contribution is -2.30. The van der Waals surface area contributed by atoms with Crippen LogP contribution >= 0.6 is 0 Å². The van der Waals surface area contributed by atoms with Crippen LogP contribution in [0.4, 0.5) is 0 Å². The molecule has 0 spiro atoms. The van der Waals surface area contributed by atoms with E-state index in [1.807, 2.05) is 26.0 Å². The normalized spacial score (nSPS) is 13.5. The number of nitrogens with zero attached hydrogens (tertiary/aromatic N) is 2. The van der Waals surface area contributed by atoms with Crippen LogP contribution in [-0.4, -0.2) is 23.2 Å². The van der Waals surface area contributed by atoms with E-state index in [1.165, 1.54) is 55.6 Å². The third-order valence-corrected chi connectivity index (χ3v) is 15.0. The van der Waals surface area contributed by atoms with E-state index in [-0.39, 0.29) is 0 Å².